The minimum Gasteiger partial charge on any atom is -0.355 e. The predicted molar refractivity (Wildman–Crippen MR) is 83.2 cm³/mol. The number of rotatable bonds is 2. The van der Waals surface area contributed by atoms with Crippen molar-refractivity contribution in [2.24, 2.45) is 0 Å². The molecule has 4 rings (SSSR count). The Morgan fingerprint density at radius 2 is 1.71 bits per heavy atom. The van der Waals surface area contributed by atoms with Crippen molar-refractivity contribution in [2.75, 3.05) is 18.0 Å². The summed E-state index contributed by atoms with van der Waals surface area (Å²) in [6, 6.07) is 10.3. The third kappa shape index (κ3) is 2.14. The lowest BCUT2D eigenvalue weighted by molar-refractivity contribution is 0.573. The molecule has 1 aromatic carbocycles. The third-order valence-electron chi connectivity index (χ3n) is 4.08. The van der Waals surface area contributed by atoms with E-state index in [-0.39, 0.29) is 0 Å². The lowest BCUT2D eigenvalue weighted by atomic mass is 10.1. The van der Waals surface area contributed by atoms with Crippen LogP contribution in [-0.2, 0) is 0 Å². The number of piperidine rings is 1. The molecule has 0 saturated carbocycles. The van der Waals surface area contributed by atoms with Crippen molar-refractivity contribution in [3.63, 3.8) is 0 Å². The van der Waals surface area contributed by atoms with Gasteiger partial charge in [0.05, 0.1) is 5.69 Å². The first-order chi connectivity index (χ1) is 10.4. The van der Waals surface area contributed by atoms with Gasteiger partial charge in [-0.25, -0.2) is 0 Å². The van der Waals surface area contributed by atoms with Crippen molar-refractivity contribution in [3.05, 3.63) is 36.5 Å². The van der Waals surface area contributed by atoms with Crippen molar-refractivity contribution in [3.8, 4) is 11.4 Å². The number of nitrogens with zero attached hydrogens (tertiary/aromatic N) is 4. The van der Waals surface area contributed by atoms with E-state index in [9.17, 15) is 0 Å². The zero-order valence-electron chi connectivity index (χ0n) is 11.8. The number of H-pyrrole nitrogens is 1. The molecule has 0 aliphatic carbocycles. The summed E-state index contributed by atoms with van der Waals surface area (Å²) in [5, 5.41) is 18.3. The van der Waals surface area contributed by atoms with Gasteiger partial charge < -0.3 is 4.90 Å². The minimum absolute atomic E-state index is 0.865. The number of aromatic nitrogens is 4. The topological polar surface area (TPSA) is 57.7 Å². The summed E-state index contributed by atoms with van der Waals surface area (Å²) >= 11 is 0. The van der Waals surface area contributed by atoms with E-state index in [2.05, 4.69) is 43.5 Å². The van der Waals surface area contributed by atoms with Crippen LogP contribution < -0.4 is 4.90 Å². The van der Waals surface area contributed by atoms with Crippen molar-refractivity contribution >= 4 is 16.6 Å². The van der Waals surface area contributed by atoms with Crippen molar-refractivity contribution in [1.82, 2.24) is 20.4 Å². The average Bonchev–Trinajstić information content (AvgIpc) is 3.09. The summed E-state index contributed by atoms with van der Waals surface area (Å²) in [7, 11) is 0. The van der Waals surface area contributed by atoms with Gasteiger partial charge in [0.1, 0.15) is 5.69 Å². The number of anilines is 1. The molecule has 106 valence electrons. The highest BCUT2D eigenvalue weighted by molar-refractivity contribution is 5.99. The van der Waals surface area contributed by atoms with E-state index < -0.39 is 0 Å². The molecule has 1 N–H and O–H groups in total. The van der Waals surface area contributed by atoms with Gasteiger partial charge in [-0.1, -0.05) is 24.3 Å². The molecule has 0 spiro atoms. The fourth-order valence-electron chi connectivity index (χ4n) is 3.02. The summed E-state index contributed by atoms with van der Waals surface area (Å²) in [4.78, 5) is 2.36. The molecule has 5 nitrogen and oxygen atoms in total. The second-order valence-electron chi connectivity index (χ2n) is 5.44. The highest BCUT2D eigenvalue weighted by Crippen LogP contribution is 2.31. The van der Waals surface area contributed by atoms with Crippen LogP contribution in [0.25, 0.3) is 22.2 Å². The Hall–Kier alpha value is -2.43. The zero-order valence-corrected chi connectivity index (χ0v) is 11.8. The van der Waals surface area contributed by atoms with Gasteiger partial charge >= 0.3 is 0 Å². The summed E-state index contributed by atoms with van der Waals surface area (Å²) in [6.07, 6.45) is 5.52. The van der Waals surface area contributed by atoms with E-state index in [1.165, 1.54) is 24.6 Å². The van der Waals surface area contributed by atoms with Crippen LogP contribution in [0, 0.1) is 0 Å². The summed E-state index contributed by atoms with van der Waals surface area (Å²) in [6.45, 7) is 2.14. The maximum atomic E-state index is 4.51. The third-order valence-corrected chi connectivity index (χ3v) is 4.08. The Morgan fingerprint density at radius 1 is 0.905 bits per heavy atom. The second kappa shape index (κ2) is 5.16. The standard InChI is InChI=1S/C16H17N5/c1-4-10-21(11-5-1)16-13-7-3-2-6-12(13)15(19-20-16)14-8-9-17-18-14/h2-3,6-9H,1,4-5,10-11H2,(H,17,18). The summed E-state index contributed by atoms with van der Waals surface area (Å²) in [5.74, 6) is 1.01. The van der Waals surface area contributed by atoms with Crippen LogP contribution in [0.5, 0.6) is 0 Å². The molecule has 0 atom stereocenters. The Bertz CT molecular complexity index is 744. The lowest BCUT2D eigenvalue weighted by Gasteiger charge is -2.28. The van der Waals surface area contributed by atoms with Gasteiger partial charge in [-0.05, 0) is 25.3 Å². The smallest absolute Gasteiger partial charge is 0.159 e. The molecule has 0 unspecified atom stereocenters. The molecule has 0 radical (unpaired) electrons. The molecular weight excluding hydrogens is 262 g/mol. The van der Waals surface area contributed by atoms with Crippen molar-refractivity contribution in [2.45, 2.75) is 19.3 Å². The molecule has 21 heavy (non-hydrogen) atoms. The van der Waals surface area contributed by atoms with Gasteiger partial charge in [0.15, 0.2) is 5.82 Å². The van der Waals surface area contributed by atoms with Crippen LogP contribution in [0.1, 0.15) is 19.3 Å². The SMILES string of the molecule is c1ccc2c(N3CCCCC3)nnc(-c3ccn[nH]3)c2c1. The average molecular weight is 279 g/mol. The first-order valence-corrected chi connectivity index (χ1v) is 7.43. The fourth-order valence-corrected chi connectivity index (χ4v) is 3.02. The van der Waals surface area contributed by atoms with E-state index in [1.807, 2.05) is 12.1 Å². The van der Waals surface area contributed by atoms with E-state index in [4.69, 9.17) is 0 Å². The summed E-state index contributed by atoms with van der Waals surface area (Å²) in [5.41, 5.74) is 1.77. The molecular formula is C16H17N5. The molecule has 1 aliphatic heterocycles. The highest BCUT2D eigenvalue weighted by Gasteiger charge is 2.18. The maximum absolute atomic E-state index is 4.51. The van der Waals surface area contributed by atoms with Crippen LogP contribution in [0.15, 0.2) is 36.5 Å². The highest BCUT2D eigenvalue weighted by atomic mass is 15.3. The van der Waals surface area contributed by atoms with E-state index >= 15 is 0 Å². The first-order valence-electron chi connectivity index (χ1n) is 7.43. The number of nitrogens with one attached hydrogen (secondary N) is 1. The van der Waals surface area contributed by atoms with Crippen LogP contribution >= 0.6 is 0 Å². The zero-order chi connectivity index (χ0) is 14.1. The van der Waals surface area contributed by atoms with Crippen LogP contribution in [-0.4, -0.2) is 33.5 Å². The quantitative estimate of drug-likeness (QED) is 0.783. The number of aromatic amines is 1. The molecule has 0 amide bonds. The van der Waals surface area contributed by atoms with Crippen LogP contribution in [0.4, 0.5) is 5.82 Å². The molecule has 0 bridgehead atoms. The number of fused-ring (bicyclic) bond motifs is 1. The van der Waals surface area contributed by atoms with Gasteiger partial charge in [-0.2, -0.15) is 5.10 Å². The largest absolute Gasteiger partial charge is 0.355 e. The van der Waals surface area contributed by atoms with Gasteiger partial charge in [-0.3, -0.25) is 5.10 Å². The predicted octanol–water partition coefficient (Wildman–Crippen LogP) is 3.01. The second-order valence-corrected chi connectivity index (χ2v) is 5.44. The molecule has 1 fully saturated rings. The number of hydrogen-bond donors (Lipinski definition) is 1. The minimum atomic E-state index is 0.865. The summed E-state index contributed by atoms with van der Waals surface area (Å²) < 4.78 is 0. The molecule has 2 aromatic heterocycles. The van der Waals surface area contributed by atoms with E-state index in [0.717, 1.165) is 35.7 Å². The van der Waals surface area contributed by atoms with Gasteiger partial charge in [0, 0.05) is 30.1 Å². The van der Waals surface area contributed by atoms with Gasteiger partial charge in [0.2, 0.25) is 0 Å². The molecule has 1 saturated heterocycles. The van der Waals surface area contributed by atoms with Gasteiger partial charge in [0.25, 0.3) is 0 Å². The van der Waals surface area contributed by atoms with Crippen LogP contribution in [0.2, 0.25) is 0 Å². The van der Waals surface area contributed by atoms with Crippen molar-refractivity contribution in [1.29, 1.82) is 0 Å². The fraction of sp³-hybridized carbons (Fsp3) is 0.312. The maximum Gasteiger partial charge on any atom is 0.159 e. The lowest BCUT2D eigenvalue weighted by Crippen LogP contribution is -2.30. The normalized spacial score (nSPS) is 15.5. The van der Waals surface area contributed by atoms with Gasteiger partial charge in [-0.15, -0.1) is 10.2 Å². The Labute approximate surface area is 123 Å². The Balaban J connectivity index is 1.89. The Morgan fingerprint density at radius 3 is 2.48 bits per heavy atom. The van der Waals surface area contributed by atoms with Crippen molar-refractivity contribution < 1.29 is 0 Å². The van der Waals surface area contributed by atoms with Crippen LogP contribution in [0.3, 0.4) is 0 Å². The Kier molecular flexibility index (Phi) is 3.03. The molecule has 5 heteroatoms. The van der Waals surface area contributed by atoms with E-state index in [1.54, 1.807) is 6.20 Å². The number of benzene rings is 1. The molecule has 1 aliphatic rings. The first kappa shape index (κ1) is 12.3. The van der Waals surface area contributed by atoms with E-state index in [0.29, 0.717) is 0 Å². The monoisotopic (exact) mass is 279 g/mol. The molecule has 3 heterocycles. The molecule has 3 aromatic rings. The number of hydrogen-bond acceptors (Lipinski definition) is 4.